The van der Waals surface area contributed by atoms with E-state index in [0.29, 0.717) is 11.6 Å². The van der Waals surface area contributed by atoms with E-state index in [4.69, 9.17) is 8.92 Å². The molecule has 0 bridgehead atoms. The first-order valence-corrected chi connectivity index (χ1v) is 8.59. The minimum absolute atomic E-state index is 0.156. The van der Waals surface area contributed by atoms with Gasteiger partial charge >= 0.3 is 10.1 Å². The molecule has 112 valence electrons. The number of aromatic nitrogens is 1. The Morgan fingerprint density at radius 2 is 1.82 bits per heavy atom. The predicted octanol–water partition coefficient (Wildman–Crippen LogP) is 3.70. The second-order valence-corrected chi connectivity index (χ2v) is 6.94. The Hall–Kier alpha value is -2.38. The molecule has 0 aliphatic carbocycles. The molecule has 0 aliphatic rings. The average molecular weight is 333 g/mol. The fourth-order valence-corrected chi connectivity index (χ4v) is 3.56. The summed E-state index contributed by atoms with van der Waals surface area (Å²) in [4.78, 5) is 4.04. The molecule has 0 fully saturated rings. The first-order valence-electron chi connectivity index (χ1n) is 6.30. The van der Waals surface area contributed by atoms with Crippen LogP contribution in [0.15, 0.2) is 70.4 Å². The Kier molecular flexibility index (Phi) is 4.08. The fraction of sp³-hybridized carbons (Fsp3) is 0. The zero-order valence-corrected chi connectivity index (χ0v) is 12.9. The maximum Gasteiger partial charge on any atom is 0.348 e. The summed E-state index contributed by atoms with van der Waals surface area (Å²) in [7, 11) is -3.81. The predicted molar refractivity (Wildman–Crippen MR) is 82.9 cm³/mol. The van der Waals surface area contributed by atoms with E-state index in [0.717, 1.165) is 11.3 Å². The molecule has 0 N–H and O–H groups in total. The molecule has 7 heteroatoms. The number of benzene rings is 1. The zero-order chi connectivity index (χ0) is 15.4. The van der Waals surface area contributed by atoms with Gasteiger partial charge in [-0.2, -0.15) is 8.42 Å². The van der Waals surface area contributed by atoms with E-state index in [1.165, 1.54) is 12.1 Å². The van der Waals surface area contributed by atoms with Crippen LogP contribution < -0.4 is 8.92 Å². The number of ether oxygens (including phenoxy) is 1. The lowest BCUT2D eigenvalue weighted by atomic mass is 10.3. The van der Waals surface area contributed by atoms with Gasteiger partial charge in [-0.1, -0.05) is 18.2 Å². The molecule has 0 amide bonds. The number of thiophene rings is 1. The molecule has 2 heterocycles. The van der Waals surface area contributed by atoms with E-state index in [-0.39, 0.29) is 9.96 Å². The number of pyridine rings is 1. The van der Waals surface area contributed by atoms with Crippen molar-refractivity contribution < 1.29 is 17.3 Å². The van der Waals surface area contributed by atoms with Crippen molar-refractivity contribution in [1.29, 1.82) is 0 Å². The van der Waals surface area contributed by atoms with Crippen LogP contribution in [0.25, 0.3) is 0 Å². The quantitative estimate of drug-likeness (QED) is 0.666. The van der Waals surface area contributed by atoms with Gasteiger partial charge in [-0.3, -0.25) is 0 Å². The molecule has 0 saturated heterocycles. The van der Waals surface area contributed by atoms with Crippen LogP contribution >= 0.6 is 11.3 Å². The van der Waals surface area contributed by atoms with Crippen molar-refractivity contribution in [1.82, 2.24) is 4.98 Å². The van der Waals surface area contributed by atoms with Crippen molar-refractivity contribution >= 4 is 21.5 Å². The first-order chi connectivity index (χ1) is 10.6. The van der Waals surface area contributed by atoms with Gasteiger partial charge in [0.2, 0.25) is 5.88 Å². The van der Waals surface area contributed by atoms with Gasteiger partial charge in [-0.05, 0) is 29.6 Å². The van der Waals surface area contributed by atoms with E-state index < -0.39 is 10.1 Å². The summed E-state index contributed by atoms with van der Waals surface area (Å²) in [5, 5.41) is 1.68. The normalized spacial score (nSPS) is 11.1. The molecule has 0 unspecified atom stereocenters. The van der Waals surface area contributed by atoms with Crippen LogP contribution in [-0.4, -0.2) is 13.4 Å². The van der Waals surface area contributed by atoms with Crippen LogP contribution in [0.4, 0.5) is 0 Å². The number of hydrogen-bond acceptors (Lipinski definition) is 6. The van der Waals surface area contributed by atoms with Crippen molar-refractivity contribution in [2.75, 3.05) is 0 Å². The molecular formula is C15H11NO4S2. The molecule has 22 heavy (non-hydrogen) atoms. The summed E-state index contributed by atoms with van der Waals surface area (Å²) in [5.74, 6) is 1.04. The van der Waals surface area contributed by atoms with Gasteiger partial charge in [-0.25, -0.2) is 4.98 Å². The van der Waals surface area contributed by atoms with E-state index in [1.807, 2.05) is 0 Å². The Bertz CT molecular complexity index is 846. The summed E-state index contributed by atoms with van der Waals surface area (Å²) in [6, 6.07) is 14.8. The molecule has 0 aliphatic heterocycles. The van der Waals surface area contributed by atoms with Crippen LogP contribution in [0, 0.1) is 0 Å². The van der Waals surface area contributed by atoms with Crippen molar-refractivity contribution in [3.8, 4) is 17.4 Å². The van der Waals surface area contributed by atoms with Crippen LogP contribution in [0.1, 0.15) is 0 Å². The highest BCUT2D eigenvalue weighted by Gasteiger charge is 2.17. The topological polar surface area (TPSA) is 65.5 Å². The van der Waals surface area contributed by atoms with E-state index >= 15 is 0 Å². The van der Waals surface area contributed by atoms with Gasteiger partial charge < -0.3 is 8.92 Å². The Morgan fingerprint density at radius 3 is 2.55 bits per heavy atom. The second-order valence-electron chi connectivity index (χ2n) is 4.21. The monoisotopic (exact) mass is 333 g/mol. The summed E-state index contributed by atoms with van der Waals surface area (Å²) in [6.07, 6.45) is 1.61. The molecule has 0 spiro atoms. The molecule has 1 aromatic carbocycles. The fourth-order valence-electron chi connectivity index (χ4n) is 1.69. The molecular weight excluding hydrogens is 322 g/mol. The highest BCUT2D eigenvalue weighted by molar-refractivity contribution is 7.89. The van der Waals surface area contributed by atoms with Gasteiger partial charge in [0.15, 0.2) is 4.21 Å². The second kappa shape index (κ2) is 6.17. The Balaban J connectivity index is 1.80. The summed E-state index contributed by atoms with van der Waals surface area (Å²) in [6.45, 7) is 0. The summed E-state index contributed by atoms with van der Waals surface area (Å²) < 4.78 is 34.9. The Labute approximate surface area is 131 Å². The van der Waals surface area contributed by atoms with Crippen molar-refractivity contribution in [3.63, 3.8) is 0 Å². The third kappa shape index (κ3) is 3.44. The molecule has 2 aromatic heterocycles. The van der Waals surface area contributed by atoms with Crippen LogP contribution in [-0.2, 0) is 10.1 Å². The molecule has 0 radical (unpaired) electrons. The maximum atomic E-state index is 12.1. The standard InChI is InChI=1S/C15H11NO4S2/c17-22(18,15-8-4-10-21-15)20-13-6-3-5-12(11-13)19-14-7-1-2-9-16-14/h1-11H. The largest absolute Gasteiger partial charge is 0.439 e. The SMILES string of the molecule is O=S(=O)(Oc1cccc(Oc2ccccn2)c1)c1cccs1. The first kappa shape index (κ1) is 14.6. The van der Waals surface area contributed by atoms with Crippen molar-refractivity contribution in [3.05, 3.63) is 66.2 Å². The zero-order valence-electron chi connectivity index (χ0n) is 11.2. The minimum atomic E-state index is -3.81. The number of rotatable bonds is 5. The molecule has 0 atom stereocenters. The number of hydrogen-bond donors (Lipinski definition) is 0. The minimum Gasteiger partial charge on any atom is -0.439 e. The van der Waals surface area contributed by atoms with Gasteiger partial charge in [0.25, 0.3) is 0 Å². The summed E-state index contributed by atoms with van der Waals surface area (Å²) >= 11 is 1.10. The molecule has 3 aromatic rings. The molecule has 0 saturated carbocycles. The van der Waals surface area contributed by atoms with Gasteiger partial charge in [-0.15, -0.1) is 11.3 Å². The lowest BCUT2D eigenvalue weighted by molar-refractivity contribution is 0.456. The maximum absolute atomic E-state index is 12.1. The summed E-state index contributed by atoms with van der Waals surface area (Å²) in [5.41, 5.74) is 0. The highest BCUT2D eigenvalue weighted by Crippen LogP contribution is 2.27. The smallest absolute Gasteiger partial charge is 0.348 e. The van der Waals surface area contributed by atoms with Gasteiger partial charge in [0, 0.05) is 18.3 Å². The number of nitrogens with zero attached hydrogens (tertiary/aromatic N) is 1. The van der Waals surface area contributed by atoms with Crippen LogP contribution in [0.2, 0.25) is 0 Å². The van der Waals surface area contributed by atoms with Crippen LogP contribution in [0.3, 0.4) is 0 Å². The van der Waals surface area contributed by atoms with E-state index in [2.05, 4.69) is 4.98 Å². The van der Waals surface area contributed by atoms with Crippen LogP contribution in [0.5, 0.6) is 17.4 Å². The van der Waals surface area contributed by atoms with Gasteiger partial charge in [0.1, 0.15) is 11.5 Å². The van der Waals surface area contributed by atoms with Gasteiger partial charge in [0.05, 0.1) is 0 Å². The third-order valence-electron chi connectivity index (χ3n) is 2.61. The van der Waals surface area contributed by atoms with Crippen molar-refractivity contribution in [2.24, 2.45) is 0 Å². The lowest BCUT2D eigenvalue weighted by Gasteiger charge is -2.08. The molecule has 3 rings (SSSR count). The third-order valence-corrected chi connectivity index (χ3v) is 5.22. The molecule has 5 nitrogen and oxygen atoms in total. The highest BCUT2D eigenvalue weighted by atomic mass is 32.3. The lowest BCUT2D eigenvalue weighted by Crippen LogP contribution is -2.07. The van der Waals surface area contributed by atoms with E-state index in [9.17, 15) is 8.42 Å². The average Bonchev–Trinajstić information content (AvgIpc) is 3.03. The van der Waals surface area contributed by atoms with E-state index in [1.54, 1.807) is 54.0 Å². The van der Waals surface area contributed by atoms with Crippen molar-refractivity contribution in [2.45, 2.75) is 4.21 Å². The Morgan fingerprint density at radius 1 is 0.955 bits per heavy atom.